The molecule has 2 aromatic rings. The van der Waals surface area contributed by atoms with Gasteiger partial charge in [-0.25, -0.2) is 0 Å². The molecular weight excluding hydrogens is 392 g/mol. The Kier molecular flexibility index (Phi) is 6.79. The molecule has 2 N–H and O–H groups in total. The molecule has 1 fully saturated rings. The first-order valence-corrected chi connectivity index (χ1v) is 10.1. The molecule has 1 aromatic carbocycles. The first-order chi connectivity index (χ1) is 13.8. The summed E-state index contributed by atoms with van der Waals surface area (Å²) in [5, 5.41) is 4.72. The number of carbonyl (C=O) groups is 2. The Morgan fingerprint density at radius 1 is 1.38 bits per heavy atom. The normalized spacial score (nSPS) is 19.2. The van der Waals surface area contributed by atoms with Crippen molar-refractivity contribution in [2.45, 2.75) is 32.1 Å². The van der Waals surface area contributed by atoms with Gasteiger partial charge in [0, 0.05) is 49.6 Å². The zero-order chi connectivity index (χ0) is 20.9. The van der Waals surface area contributed by atoms with E-state index in [1.807, 2.05) is 30.3 Å². The number of nitrogens with zero attached hydrogens (tertiary/aromatic N) is 3. The number of nitrogens with two attached hydrogens (primary N) is 1. The fraction of sp³-hybridized carbons (Fsp3) is 0.476. The van der Waals surface area contributed by atoms with Gasteiger partial charge in [-0.2, -0.15) is 5.10 Å². The molecule has 2 amide bonds. The average molecular weight is 419 g/mol. The quantitative estimate of drug-likeness (QED) is 0.713. The molecule has 29 heavy (non-hydrogen) atoms. The Bertz CT molecular complexity index is 869. The first kappa shape index (κ1) is 21.2. The number of amides is 2. The summed E-state index contributed by atoms with van der Waals surface area (Å²) in [6.45, 7) is 1.45. The fourth-order valence-electron chi connectivity index (χ4n) is 3.91. The molecule has 0 spiro atoms. The summed E-state index contributed by atoms with van der Waals surface area (Å²) >= 11 is 6.02. The van der Waals surface area contributed by atoms with E-state index in [1.165, 1.54) is 0 Å². The van der Waals surface area contributed by atoms with Gasteiger partial charge in [-0.05, 0) is 43.0 Å². The summed E-state index contributed by atoms with van der Waals surface area (Å²) in [5.41, 5.74) is 6.07. The van der Waals surface area contributed by atoms with E-state index in [1.54, 1.807) is 23.0 Å². The summed E-state index contributed by atoms with van der Waals surface area (Å²) < 4.78 is 7.68. The lowest BCUT2D eigenvalue weighted by Gasteiger charge is -2.42. The third-order valence-corrected chi connectivity index (χ3v) is 5.53. The van der Waals surface area contributed by atoms with E-state index in [0.717, 1.165) is 18.4 Å². The number of halogens is 1. The van der Waals surface area contributed by atoms with E-state index in [-0.39, 0.29) is 18.2 Å². The average Bonchev–Trinajstić information content (AvgIpc) is 3.09. The molecule has 1 aromatic heterocycles. The Hall–Kier alpha value is -2.54. The van der Waals surface area contributed by atoms with Gasteiger partial charge < -0.3 is 15.4 Å². The lowest BCUT2D eigenvalue weighted by Crippen LogP contribution is -2.50. The first-order valence-electron chi connectivity index (χ1n) is 9.77. The van der Waals surface area contributed by atoms with Crippen molar-refractivity contribution in [1.82, 2.24) is 14.7 Å². The minimum Gasteiger partial charge on any atom is -0.493 e. The Balaban J connectivity index is 1.64. The number of benzene rings is 1. The van der Waals surface area contributed by atoms with Crippen LogP contribution in [0.3, 0.4) is 0 Å². The highest BCUT2D eigenvalue weighted by atomic mass is 35.5. The standard InChI is InChI=1S/C21H27ClN4O3/c1-25-13-16(12-24-25)6-7-20(28)26-9-3-8-21(14-26,11-19(23)27)15-29-18-5-2-4-17(22)10-18/h2,4-5,10,12-13H,3,6-9,11,14-15H2,1H3,(H2,23,27)/t21-/m1/s1. The minimum atomic E-state index is -0.490. The summed E-state index contributed by atoms with van der Waals surface area (Å²) in [4.78, 5) is 26.4. The number of aryl methyl sites for hydroxylation is 2. The molecule has 3 rings (SSSR count). The number of rotatable bonds is 8. The molecule has 8 heteroatoms. The zero-order valence-electron chi connectivity index (χ0n) is 16.6. The van der Waals surface area contributed by atoms with Crippen molar-refractivity contribution in [3.8, 4) is 5.75 Å². The fourth-order valence-corrected chi connectivity index (χ4v) is 4.09. The second-order valence-corrected chi connectivity index (χ2v) is 8.27. The van der Waals surface area contributed by atoms with Crippen molar-refractivity contribution < 1.29 is 14.3 Å². The number of hydrogen-bond acceptors (Lipinski definition) is 4. The second kappa shape index (κ2) is 9.31. The van der Waals surface area contributed by atoms with Crippen LogP contribution in [0.15, 0.2) is 36.7 Å². The highest BCUT2D eigenvalue weighted by Gasteiger charge is 2.39. The van der Waals surface area contributed by atoms with Crippen LogP contribution in [0.25, 0.3) is 0 Å². The number of hydrogen-bond donors (Lipinski definition) is 1. The van der Waals surface area contributed by atoms with E-state index >= 15 is 0 Å². The maximum absolute atomic E-state index is 12.8. The van der Waals surface area contributed by atoms with Crippen LogP contribution in [0, 0.1) is 5.41 Å². The monoisotopic (exact) mass is 418 g/mol. The van der Waals surface area contributed by atoms with Crippen LogP contribution in [-0.4, -0.2) is 46.2 Å². The van der Waals surface area contributed by atoms with Gasteiger partial charge in [0.05, 0.1) is 12.8 Å². The third-order valence-electron chi connectivity index (χ3n) is 5.29. The van der Waals surface area contributed by atoms with Gasteiger partial charge in [0.15, 0.2) is 0 Å². The number of carbonyl (C=O) groups excluding carboxylic acids is 2. The van der Waals surface area contributed by atoms with Gasteiger partial charge in [0.1, 0.15) is 5.75 Å². The van der Waals surface area contributed by atoms with Crippen molar-refractivity contribution >= 4 is 23.4 Å². The number of likely N-dealkylation sites (tertiary alicyclic amines) is 1. The van der Waals surface area contributed by atoms with Crippen LogP contribution in [0.4, 0.5) is 0 Å². The van der Waals surface area contributed by atoms with E-state index in [2.05, 4.69) is 5.10 Å². The van der Waals surface area contributed by atoms with Crippen molar-refractivity contribution in [3.05, 3.63) is 47.2 Å². The predicted molar refractivity (Wildman–Crippen MR) is 111 cm³/mol. The number of ether oxygens (including phenoxy) is 1. The smallest absolute Gasteiger partial charge is 0.222 e. The molecule has 0 unspecified atom stereocenters. The summed E-state index contributed by atoms with van der Waals surface area (Å²) in [5.74, 6) is 0.330. The topological polar surface area (TPSA) is 90.5 Å². The molecule has 1 aliphatic rings. The second-order valence-electron chi connectivity index (χ2n) is 7.83. The number of aromatic nitrogens is 2. The molecule has 7 nitrogen and oxygen atoms in total. The van der Waals surface area contributed by atoms with Crippen LogP contribution in [0.1, 0.15) is 31.2 Å². The molecule has 1 saturated heterocycles. The number of primary amides is 1. The highest BCUT2D eigenvalue weighted by molar-refractivity contribution is 6.30. The molecule has 2 heterocycles. The molecular formula is C21H27ClN4O3. The molecule has 0 aliphatic carbocycles. The highest BCUT2D eigenvalue weighted by Crippen LogP contribution is 2.35. The Morgan fingerprint density at radius 2 is 2.21 bits per heavy atom. The lowest BCUT2D eigenvalue weighted by atomic mass is 9.77. The predicted octanol–water partition coefficient (Wildman–Crippen LogP) is 2.57. The van der Waals surface area contributed by atoms with Gasteiger partial charge >= 0.3 is 0 Å². The Morgan fingerprint density at radius 3 is 2.90 bits per heavy atom. The maximum atomic E-state index is 12.8. The molecule has 1 aliphatic heterocycles. The van der Waals surface area contributed by atoms with Crippen LogP contribution in [-0.2, 0) is 23.1 Å². The van der Waals surface area contributed by atoms with E-state index in [9.17, 15) is 9.59 Å². The molecule has 0 radical (unpaired) electrons. The largest absolute Gasteiger partial charge is 0.493 e. The van der Waals surface area contributed by atoms with Crippen LogP contribution < -0.4 is 10.5 Å². The summed E-state index contributed by atoms with van der Waals surface area (Å²) in [7, 11) is 1.86. The molecule has 156 valence electrons. The Labute approximate surface area is 175 Å². The van der Waals surface area contributed by atoms with Crippen LogP contribution in [0.5, 0.6) is 5.75 Å². The summed E-state index contributed by atoms with van der Waals surface area (Å²) in [6.07, 6.45) is 6.52. The lowest BCUT2D eigenvalue weighted by molar-refractivity contribution is -0.137. The van der Waals surface area contributed by atoms with Gasteiger partial charge in [-0.15, -0.1) is 0 Å². The van der Waals surface area contributed by atoms with E-state index in [0.29, 0.717) is 43.3 Å². The maximum Gasteiger partial charge on any atom is 0.222 e. The summed E-state index contributed by atoms with van der Waals surface area (Å²) in [6, 6.07) is 7.15. The SMILES string of the molecule is Cn1cc(CCC(=O)N2CCC[C@@](COc3cccc(Cl)c3)(CC(N)=O)C2)cn1. The van der Waals surface area contributed by atoms with Gasteiger partial charge in [0.25, 0.3) is 0 Å². The van der Waals surface area contributed by atoms with Crippen molar-refractivity contribution in [3.63, 3.8) is 0 Å². The minimum absolute atomic E-state index is 0.0742. The van der Waals surface area contributed by atoms with E-state index in [4.69, 9.17) is 22.1 Å². The molecule has 0 saturated carbocycles. The zero-order valence-corrected chi connectivity index (χ0v) is 17.4. The van der Waals surface area contributed by atoms with Crippen molar-refractivity contribution in [2.75, 3.05) is 19.7 Å². The molecule has 0 bridgehead atoms. The van der Waals surface area contributed by atoms with Gasteiger partial charge in [-0.3, -0.25) is 14.3 Å². The van der Waals surface area contributed by atoms with Crippen molar-refractivity contribution in [1.29, 1.82) is 0 Å². The number of piperidine rings is 1. The van der Waals surface area contributed by atoms with Crippen molar-refractivity contribution in [2.24, 2.45) is 18.2 Å². The van der Waals surface area contributed by atoms with Crippen LogP contribution in [0.2, 0.25) is 5.02 Å². The van der Waals surface area contributed by atoms with Gasteiger partial charge in [0.2, 0.25) is 11.8 Å². The van der Waals surface area contributed by atoms with Crippen LogP contribution >= 0.6 is 11.6 Å². The van der Waals surface area contributed by atoms with E-state index < -0.39 is 5.41 Å². The molecule has 1 atom stereocenters. The third kappa shape index (κ3) is 5.97. The van der Waals surface area contributed by atoms with Gasteiger partial charge in [-0.1, -0.05) is 17.7 Å².